The summed E-state index contributed by atoms with van der Waals surface area (Å²) in [5.41, 5.74) is 6.92. The molecule has 0 atom stereocenters. The molecule has 0 radical (unpaired) electrons. The third-order valence-corrected chi connectivity index (χ3v) is 2.11. The third-order valence-electron chi connectivity index (χ3n) is 2.11. The molecule has 0 bridgehead atoms. The monoisotopic (exact) mass is 218 g/mol. The number of nitrogens with zero attached hydrogens (tertiary/aromatic N) is 1. The minimum absolute atomic E-state index is 0.336. The molecule has 1 heterocycles. The highest BCUT2D eigenvalue weighted by atomic mass is 19.1. The average molecular weight is 218 g/mol. The van der Waals surface area contributed by atoms with Gasteiger partial charge in [-0.2, -0.15) is 0 Å². The van der Waals surface area contributed by atoms with Gasteiger partial charge in [-0.15, -0.1) is 0 Å². The third kappa shape index (κ3) is 2.28. The average Bonchev–Trinajstić information content (AvgIpc) is 2.24. The molecular formula is C12H11FN2O. The van der Waals surface area contributed by atoms with Crippen LogP contribution in [0.3, 0.4) is 0 Å². The van der Waals surface area contributed by atoms with Gasteiger partial charge in [-0.1, -0.05) is 6.07 Å². The van der Waals surface area contributed by atoms with Crippen molar-refractivity contribution in [2.75, 3.05) is 5.73 Å². The van der Waals surface area contributed by atoms with Crippen LogP contribution in [0.1, 0.15) is 5.56 Å². The number of hydrogen-bond donors (Lipinski definition) is 1. The molecule has 0 amide bonds. The quantitative estimate of drug-likeness (QED) is 0.843. The van der Waals surface area contributed by atoms with Crippen LogP contribution in [0.25, 0.3) is 0 Å². The Labute approximate surface area is 92.7 Å². The second-order valence-electron chi connectivity index (χ2n) is 3.47. The van der Waals surface area contributed by atoms with E-state index < -0.39 is 0 Å². The van der Waals surface area contributed by atoms with Crippen LogP contribution < -0.4 is 10.5 Å². The van der Waals surface area contributed by atoms with E-state index in [4.69, 9.17) is 10.5 Å². The number of ether oxygens (including phenoxy) is 1. The molecule has 0 aliphatic carbocycles. The fourth-order valence-electron chi connectivity index (χ4n) is 1.30. The molecule has 3 nitrogen and oxygen atoms in total. The normalized spacial score (nSPS) is 10.1. The second-order valence-corrected chi connectivity index (χ2v) is 3.47. The van der Waals surface area contributed by atoms with Crippen LogP contribution in [0, 0.1) is 12.7 Å². The minimum Gasteiger partial charge on any atom is -0.455 e. The van der Waals surface area contributed by atoms with Crippen LogP contribution in [0.2, 0.25) is 0 Å². The largest absolute Gasteiger partial charge is 0.455 e. The van der Waals surface area contributed by atoms with Crippen molar-refractivity contribution in [2.45, 2.75) is 6.92 Å². The number of hydrogen-bond acceptors (Lipinski definition) is 3. The SMILES string of the molecule is Cc1ccc(F)cc1Oc1cncc(N)c1. The Bertz CT molecular complexity index is 514. The maximum absolute atomic E-state index is 13.0. The van der Waals surface area contributed by atoms with Crippen LogP contribution in [-0.4, -0.2) is 4.98 Å². The lowest BCUT2D eigenvalue weighted by Crippen LogP contribution is -1.91. The van der Waals surface area contributed by atoms with E-state index in [2.05, 4.69) is 4.98 Å². The van der Waals surface area contributed by atoms with Gasteiger partial charge in [0, 0.05) is 12.1 Å². The lowest BCUT2D eigenvalue weighted by Gasteiger charge is -2.08. The van der Waals surface area contributed by atoms with Gasteiger partial charge in [-0.25, -0.2) is 4.39 Å². The van der Waals surface area contributed by atoms with Crippen molar-refractivity contribution in [1.82, 2.24) is 4.98 Å². The smallest absolute Gasteiger partial charge is 0.147 e. The summed E-state index contributed by atoms with van der Waals surface area (Å²) in [6.45, 7) is 1.84. The van der Waals surface area contributed by atoms with Gasteiger partial charge in [-0.3, -0.25) is 4.98 Å². The molecule has 82 valence electrons. The first-order valence-electron chi connectivity index (χ1n) is 4.80. The highest BCUT2D eigenvalue weighted by molar-refractivity contribution is 5.43. The fraction of sp³-hybridized carbons (Fsp3) is 0.0833. The number of benzene rings is 1. The molecule has 1 aromatic heterocycles. The molecule has 2 aromatic rings. The van der Waals surface area contributed by atoms with Crippen molar-refractivity contribution in [3.63, 3.8) is 0 Å². The zero-order valence-electron chi connectivity index (χ0n) is 8.77. The highest BCUT2D eigenvalue weighted by Gasteiger charge is 2.03. The summed E-state index contributed by atoms with van der Waals surface area (Å²) in [6, 6.07) is 6.01. The van der Waals surface area contributed by atoms with E-state index in [9.17, 15) is 4.39 Å². The molecule has 2 rings (SSSR count). The number of aryl methyl sites for hydroxylation is 1. The summed E-state index contributed by atoms with van der Waals surface area (Å²) in [4.78, 5) is 3.89. The van der Waals surface area contributed by atoms with E-state index in [0.717, 1.165) is 5.56 Å². The van der Waals surface area contributed by atoms with Crippen molar-refractivity contribution < 1.29 is 9.13 Å². The van der Waals surface area contributed by atoms with Gasteiger partial charge in [-0.05, 0) is 18.6 Å². The summed E-state index contributed by atoms with van der Waals surface area (Å²) in [5.74, 6) is 0.624. The van der Waals surface area contributed by atoms with Crippen molar-refractivity contribution in [3.05, 3.63) is 48.0 Å². The zero-order valence-corrected chi connectivity index (χ0v) is 8.77. The van der Waals surface area contributed by atoms with E-state index in [1.165, 1.54) is 24.5 Å². The number of aromatic nitrogens is 1. The van der Waals surface area contributed by atoms with E-state index in [1.807, 2.05) is 6.92 Å². The molecule has 0 unspecified atom stereocenters. The van der Waals surface area contributed by atoms with Gasteiger partial charge in [0.1, 0.15) is 17.3 Å². The Morgan fingerprint density at radius 1 is 1.25 bits per heavy atom. The molecular weight excluding hydrogens is 207 g/mol. The van der Waals surface area contributed by atoms with Gasteiger partial charge in [0.25, 0.3) is 0 Å². The number of rotatable bonds is 2. The molecule has 0 spiro atoms. The Kier molecular flexibility index (Phi) is 2.72. The van der Waals surface area contributed by atoms with Crippen LogP contribution in [-0.2, 0) is 0 Å². The standard InChI is InChI=1S/C12H11FN2O/c1-8-2-3-9(13)4-12(8)16-11-5-10(14)6-15-7-11/h2-7H,14H2,1H3. The number of pyridine rings is 1. The topological polar surface area (TPSA) is 48.1 Å². The minimum atomic E-state index is -0.336. The first kappa shape index (κ1) is 10.4. The Hall–Kier alpha value is -2.10. The van der Waals surface area contributed by atoms with Crippen molar-refractivity contribution >= 4 is 5.69 Å². The summed E-state index contributed by atoms with van der Waals surface area (Å²) < 4.78 is 18.5. The summed E-state index contributed by atoms with van der Waals surface area (Å²) in [5, 5.41) is 0. The summed E-state index contributed by atoms with van der Waals surface area (Å²) in [7, 11) is 0. The molecule has 1 aromatic carbocycles. The first-order valence-corrected chi connectivity index (χ1v) is 4.80. The van der Waals surface area contributed by atoms with Crippen molar-refractivity contribution in [3.8, 4) is 11.5 Å². The number of nitrogen functional groups attached to an aromatic ring is 1. The molecule has 4 heteroatoms. The van der Waals surface area contributed by atoms with Crippen molar-refractivity contribution in [1.29, 1.82) is 0 Å². The molecule has 0 saturated carbocycles. The molecule has 0 aliphatic rings. The number of halogens is 1. The molecule has 16 heavy (non-hydrogen) atoms. The van der Waals surface area contributed by atoms with Gasteiger partial charge < -0.3 is 10.5 Å². The first-order chi connectivity index (χ1) is 7.65. The van der Waals surface area contributed by atoms with E-state index >= 15 is 0 Å². The van der Waals surface area contributed by atoms with Gasteiger partial charge in [0.05, 0.1) is 18.1 Å². The van der Waals surface area contributed by atoms with Gasteiger partial charge in [0.15, 0.2) is 0 Å². The van der Waals surface area contributed by atoms with Crippen LogP contribution in [0.15, 0.2) is 36.7 Å². The van der Waals surface area contributed by atoms with Crippen molar-refractivity contribution in [2.24, 2.45) is 0 Å². The van der Waals surface area contributed by atoms with Crippen LogP contribution >= 0.6 is 0 Å². The zero-order chi connectivity index (χ0) is 11.5. The molecule has 0 saturated heterocycles. The Morgan fingerprint density at radius 3 is 2.81 bits per heavy atom. The highest BCUT2D eigenvalue weighted by Crippen LogP contribution is 2.25. The summed E-state index contributed by atoms with van der Waals surface area (Å²) in [6.07, 6.45) is 3.05. The maximum Gasteiger partial charge on any atom is 0.147 e. The van der Waals surface area contributed by atoms with E-state index in [0.29, 0.717) is 17.2 Å². The Morgan fingerprint density at radius 2 is 2.06 bits per heavy atom. The number of anilines is 1. The lowest BCUT2D eigenvalue weighted by molar-refractivity contribution is 0.471. The predicted molar refractivity (Wildman–Crippen MR) is 59.9 cm³/mol. The lowest BCUT2D eigenvalue weighted by atomic mass is 10.2. The second kappa shape index (κ2) is 4.18. The molecule has 2 N–H and O–H groups in total. The predicted octanol–water partition coefficient (Wildman–Crippen LogP) is 2.90. The van der Waals surface area contributed by atoms with Gasteiger partial charge >= 0.3 is 0 Å². The van der Waals surface area contributed by atoms with Crippen LogP contribution in [0.5, 0.6) is 11.5 Å². The van der Waals surface area contributed by atoms with E-state index in [-0.39, 0.29) is 5.82 Å². The van der Waals surface area contributed by atoms with Gasteiger partial charge in [0.2, 0.25) is 0 Å². The molecule has 0 aliphatic heterocycles. The Balaban J connectivity index is 2.30. The number of nitrogens with two attached hydrogens (primary N) is 1. The van der Waals surface area contributed by atoms with E-state index in [1.54, 1.807) is 12.1 Å². The van der Waals surface area contributed by atoms with Crippen LogP contribution in [0.4, 0.5) is 10.1 Å². The maximum atomic E-state index is 13.0. The molecule has 0 fully saturated rings. The summed E-state index contributed by atoms with van der Waals surface area (Å²) >= 11 is 0. The fourth-order valence-corrected chi connectivity index (χ4v) is 1.30.